The molecule has 6 nitrogen and oxygen atoms in total. The Morgan fingerprint density at radius 2 is 1.96 bits per heavy atom. The van der Waals surface area contributed by atoms with E-state index >= 15 is 0 Å². The second-order valence-corrected chi connectivity index (χ2v) is 6.44. The molecular formula is C18H24N2O4. The lowest BCUT2D eigenvalue weighted by Crippen LogP contribution is -2.48. The average Bonchev–Trinajstić information content (AvgIpc) is 2.98. The molecule has 1 fully saturated rings. The number of nitrogens with zero attached hydrogens (tertiary/aromatic N) is 1. The largest absolute Gasteiger partial charge is 0.445 e. The van der Waals surface area contributed by atoms with Crippen molar-refractivity contribution >= 4 is 17.8 Å². The van der Waals surface area contributed by atoms with Gasteiger partial charge in [-0.05, 0) is 17.9 Å². The molecule has 6 heteroatoms. The molecule has 24 heavy (non-hydrogen) atoms. The zero-order valence-electron chi connectivity index (χ0n) is 14.2. The average molecular weight is 332 g/mol. The van der Waals surface area contributed by atoms with Gasteiger partial charge in [-0.1, -0.05) is 44.2 Å². The molecular weight excluding hydrogens is 308 g/mol. The predicted octanol–water partition coefficient (Wildman–Crippen LogP) is 2.13. The fourth-order valence-corrected chi connectivity index (χ4v) is 2.64. The standard InChI is InChI=1S/C18H24N2O4/c1-13(2)10-16(17(22)20-9-8-15(21)11-20)19-18(23)24-12-14-6-4-3-5-7-14/h3-7,13,16H,8-12H2,1-2H3,(H,19,23)/t16-/m0/s1. The number of Topliss-reactive ketones (excluding diaryl/α,β-unsaturated/α-hetero) is 1. The summed E-state index contributed by atoms with van der Waals surface area (Å²) >= 11 is 0. The minimum absolute atomic E-state index is 0.0540. The Morgan fingerprint density at radius 3 is 2.54 bits per heavy atom. The molecule has 1 saturated heterocycles. The molecule has 0 aliphatic carbocycles. The van der Waals surface area contributed by atoms with Crippen LogP contribution in [0.3, 0.4) is 0 Å². The highest BCUT2D eigenvalue weighted by molar-refractivity contribution is 5.92. The van der Waals surface area contributed by atoms with Crippen LogP contribution in [0.1, 0.15) is 32.3 Å². The van der Waals surface area contributed by atoms with Crippen LogP contribution in [0.4, 0.5) is 4.79 Å². The quantitative estimate of drug-likeness (QED) is 0.866. The molecule has 1 aromatic rings. The van der Waals surface area contributed by atoms with Crippen LogP contribution in [0.5, 0.6) is 0 Å². The summed E-state index contributed by atoms with van der Waals surface area (Å²) in [6.45, 7) is 4.66. The van der Waals surface area contributed by atoms with E-state index in [0.29, 0.717) is 19.4 Å². The number of rotatable bonds is 6. The summed E-state index contributed by atoms with van der Waals surface area (Å²) in [7, 11) is 0. The topological polar surface area (TPSA) is 75.7 Å². The molecule has 130 valence electrons. The molecule has 1 aliphatic heterocycles. The van der Waals surface area contributed by atoms with Gasteiger partial charge < -0.3 is 15.0 Å². The van der Waals surface area contributed by atoms with Gasteiger partial charge in [-0.15, -0.1) is 0 Å². The third-order valence-electron chi connectivity index (χ3n) is 3.85. The van der Waals surface area contributed by atoms with Crippen LogP contribution >= 0.6 is 0 Å². The van der Waals surface area contributed by atoms with E-state index in [1.54, 1.807) is 0 Å². The van der Waals surface area contributed by atoms with Crippen molar-refractivity contribution in [3.63, 3.8) is 0 Å². The van der Waals surface area contributed by atoms with E-state index in [2.05, 4.69) is 5.32 Å². The van der Waals surface area contributed by atoms with Crippen molar-refractivity contribution in [3.05, 3.63) is 35.9 Å². The zero-order valence-corrected chi connectivity index (χ0v) is 14.2. The lowest BCUT2D eigenvalue weighted by Gasteiger charge is -2.24. The fourth-order valence-electron chi connectivity index (χ4n) is 2.64. The number of hydrogen-bond acceptors (Lipinski definition) is 4. The molecule has 0 saturated carbocycles. The molecule has 2 rings (SSSR count). The zero-order chi connectivity index (χ0) is 17.5. The first-order chi connectivity index (χ1) is 11.5. The summed E-state index contributed by atoms with van der Waals surface area (Å²) in [6.07, 6.45) is 0.270. The molecule has 0 aromatic heterocycles. The van der Waals surface area contributed by atoms with E-state index in [1.807, 2.05) is 44.2 Å². The van der Waals surface area contributed by atoms with Crippen molar-refractivity contribution in [1.29, 1.82) is 0 Å². The highest BCUT2D eigenvalue weighted by Gasteiger charge is 2.31. The van der Waals surface area contributed by atoms with Crippen molar-refractivity contribution in [2.24, 2.45) is 5.92 Å². The molecule has 0 unspecified atom stereocenters. The minimum Gasteiger partial charge on any atom is -0.445 e. The summed E-state index contributed by atoms with van der Waals surface area (Å²) in [5.41, 5.74) is 0.879. The van der Waals surface area contributed by atoms with Gasteiger partial charge in [-0.25, -0.2) is 4.79 Å². The third-order valence-corrected chi connectivity index (χ3v) is 3.85. The summed E-state index contributed by atoms with van der Waals surface area (Å²) in [5.74, 6) is 0.0659. The lowest BCUT2D eigenvalue weighted by molar-refractivity contribution is -0.134. The smallest absolute Gasteiger partial charge is 0.408 e. The Kier molecular flexibility index (Phi) is 6.35. The van der Waals surface area contributed by atoms with Gasteiger partial charge in [0.15, 0.2) is 5.78 Å². The van der Waals surface area contributed by atoms with E-state index in [0.717, 1.165) is 5.56 Å². The molecule has 2 amide bonds. The Morgan fingerprint density at radius 1 is 1.25 bits per heavy atom. The number of carbonyl (C=O) groups excluding carboxylic acids is 3. The van der Waals surface area contributed by atoms with Crippen molar-refractivity contribution in [3.8, 4) is 0 Å². The number of nitrogens with one attached hydrogen (secondary N) is 1. The van der Waals surface area contributed by atoms with Crippen molar-refractivity contribution < 1.29 is 19.1 Å². The van der Waals surface area contributed by atoms with Crippen LogP contribution in [0.2, 0.25) is 0 Å². The first kappa shape index (κ1) is 18.0. The van der Waals surface area contributed by atoms with Crippen molar-refractivity contribution in [1.82, 2.24) is 10.2 Å². The van der Waals surface area contributed by atoms with Gasteiger partial charge in [0.05, 0.1) is 6.54 Å². The highest BCUT2D eigenvalue weighted by Crippen LogP contribution is 2.12. The molecule has 1 N–H and O–H groups in total. The van der Waals surface area contributed by atoms with Crippen LogP contribution in [-0.2, 0) is 20.9 Å². The maximum atomic E-state index is 12.5. The van der Waals surface area contributed by atoms with Crippen LogP contribution < -0.4 is 5.32 Å². The first-order valence-corrected chi connectivity index (χ1v) is 8.23. The second-order valence-electron chi connectivity index (χ2n) is 6.44. The fraction of sp³-hybridized carbons (Fsp3) is 0.500. The highest BCUT2D eigenvalue weighted by atomic mass is 16.5. The second kappa shape index (κ2) is 8.47. The molecule has 1 atom stereocenters. The van der Waals surface area contributed by atoms with Crippen molar-refractivity contribution in [2.75, 3.05) is 13.1 Å². The summed E-state index contributed by atoms with van der Waals surface area (Å²) in [4.78, 5) is 37.4. The van der Waals surface area contributed by atoms with Gasteiger partial charge in [-0.3, -0.25) is 9.59 Å². The third kappa shape index (κ3) is 5.37. The number of hydrogen-bond donors (Lipinski definition) is 1. The predicted molar refractivity (Wildman–Crippen MR) is 89.2 cm³/mol. The van der Waals surface area contributed by atoms with Crippen molar-refractivity contribution in [2.45, 2.75) is 39.3 Å². The van der Waals surface area contributed by atoms with Crippen LogP contribution in [0.25, 0.3) is 0 Å². The maximum absolute atomic E-state index is 12.5. The first-order valence-electron chi connectivity index (χ1n) is 8.23. The number of likely N-dealkylation sites (tertiary alicyclic amines) is 1. The van der Waals surface area contributed by atoms with Crippen LogP contribution in [0, 0.1) is 5.92 Å². The van der Waals surface area contributed by atoms with Gasteiger partial charge >= 0.3 is 6.09 Å². The molecule has 1 aliphatic rings. The Balaban J connectivity index is 1.91. The van der Waals surface area contributed by atoms with E-state index in [9.17, 15) is 14.4 Å². The summed E-state index contributed by atoms with van der Waals surface area (Å²) in [6, 6.07) is 8.68. The summed E-state index contributed by atoms with van der Waals surface area (Å²) < 4.78 is 5.19. The molecule has 0 bridgehead atoms. The van der Waals surface area contributed by atoms with E-state index in [1.165, 1.54) is 4.90 Å². The van der Waals surface area contributed by atoms with Gasteiger partial charge in [0.25, 0.3) is 0 Å². The number of ketones is 1. The Hall–Kier alpha value is -2.37. The summed E-state index contributed by atoms with van der Waals surface area (Å²) in [5, 5.41) is 2.65. The van der Waals surface area contributed by atoms with Crippen LogP contribution in [0.15, 0.2) is 30.3 Å². The molecule has 0 spiro atoms. The van der Waals surface area contributed by atoms with E-state index in [4.69, 9.17) is 4.74 Å². The van der Waals surface area contributed by atoms with Gasteiger partial charge in [0.1, 0.15) is 12.6 Å². The Labute approximate surface area is 142 Å². The maximum Gasteiger partial charge on any atom is 0.408 e. The number of carbonyl (C=O) groups is 3. The van der Waals surface area contributed by atoms with Gasteiger partial charge in [0, 0.05) is 13.0 Å². The van der Waals surface area contributed by atoms with Gasteiger partial charge in [0.2, 0.25) is 5.91 Å². The number of ether oxygens (including phenoxy) is 1. The monoisotopic (exact) mass is 332 g/mol. The van der Waals surface area contributed by atoms with E-state index in [-0.39, 0.29) is 30.8 Å². The van der Waals surface area contributed by atoms with Crippen LogP contribution in [-0.4, -0.2) is 41.8 Å². The number of benzene rings is 1. The van der Waals surface area contributed by atoms with E-state index < -0.39 is 12.1 Å². The van der Waals surface area contributed by atoms with Gasteiger partial charge in [-0.2, -0.15) is 0 Å². The minimum atomic E-state index is -0.667. The number of alkyl carbamates (subject to hydrolysis) is 1. The lowest BCUT2D eigenvalue weighted by atomic mass is 10.0. The normalized spacial score (nSPS) is 15.5. The SMILES string of the molecule is CC(C)C[C@H](NC(=O)OCc1ccccc1)C(=O)N1CCC(=O)C1. The Bertz CT molecular complexity index is 586. The molecule has 1 heterocycles. The molecule has 0 radical (unpaired) electrons. The molecule has 1 aromatic carbocycles. The number of amides is 2.